The van der Waals surface area contributed by atoms with E-state index in [4.69, 9.17) is 16.3 Å². The molecule has 0 aliphatic heterocycles. The highest BCUT2D eigenvalue weighted by Crippen LogP contribution is 2.27. The van der Waals surface area contributed by atoms with Gasteiger partial charge in [0.1, 0.15) is 11.1 Å². The summed E-state index contributed by atoms with van der Waals surface area (Å²) in [5.74, 6) is -1.74. The number of nitro groups is 1. The molecule has 1 unspecified atom stereocenters. The van der Waals surface area contributed by atoms with Gasteiger partial charge >= 0.3 is 5.97 Å². The minimum Gasteiger partial charge on any atom is -0.480 e. The van der Waals surface area contributed by atoms with Gasteiger partial charge in [0.15, 0.2) is 0 Å². The van der Waals surface area contributed by atoms with E-state index in [-0.39, 0.29) is 28.9 Å². The molecule has 10 heteroatoms. The molecule has 0 saturated heterocycles. The number of rotatable bonds is 11. The van der Waals surface area contributed by atoms with E-state index in [0.29, 0.717) is 19.6 Å². The van der Waals surface area contributed by atoms with Crippen LogP contribution in [0.25, 0.3) is 0 Å². The maximum atomic E-state index is 12.0. The minimum absolute atomic E-state index is 0.0540. The molecule has 0 spiro atoms. The van der Waals surface area contributed by atoms with Crippen LogP contribution in [0.15, 0.2) is 18.2 Å². The number of ether oxygens (including phenoxy) is 1. The Hall–Kier alpha value is -2.23. The standard InChI is InChI=1S/C16H22ClN3O6/c1-10(2)26-7-3-6-18-13(16(22)23)9-15(21)19-11-4-5-12(17)14(8-11)20(24)25/h4-5,8,10,13,18H,3,6-7,9H2,1-2H3,(H,19,21)(H,22,23). The van der Waals surface area contributed by atoms with E-state index in [1.165, 1.54) is 12.1 Å². The zero-order chi connectivity index (χ0) is 19.7. The third kappa shape index (κ3) is 7.77. The predicted molar refractivity (Wildman–Crippen MR) is 96.5 cm³/mol. The van der Waals surface area contributed by atoms with Crippen molar-refractivity contribution in [1.82, 2.24) is 5.32 Å². The molecule has 1 atom stereocenters. The van der Waals surface area contributed by atoms with Gasteiger partial charge in [0.25, 0.3) is 5.69 Å². The van der Waals surface area contributed by atoms with Crippen LogP contribution in [0.5, 0.6) is 0 Å². The van der Waals surface area contributed by atoms with Crippen molar-refractivity contribution < 1.29 is 24.4 Å². The molecule has 0 heterocycles. The van der Waals surface area contributed by atoms with E-state index in [2.05, 4.69) is 10.6 Å². The fraction of sp³-hybridized carbons (Fsp3) is 0.500. The normalized spacial score (nSPS) is 12.0. The summed E-state index contributed by atoms with van der Waals surface area (Å²) in [6.07, 6.45) is 0.378. The number of aliphatic carboxylic acids is 1. The number of halogens is 1. The zero-order valence-electron chi connectivity index (χ0n) is 14.5. The van der Waals surface area contributed by atoms with Gasteiger partial charge in [-0.05, 0) is 38.9 Å². The van der Waals surface area contributed by atoms with Gasteiger partial charge in [-0.1, -0.05) is 11.6 Å². The number of hydrogen-bond acceptors (Lipinski definition) is 6. The third-order valence-corrected chi connectivity index (χ3v) is 3.60. The van der Waals surface area contributed by atoms with Crippen molar-refractivity contribution in [1.29, 1.82) is 0 Å². The highest BCUT2D eigenvalue weighted by atomic mass is 35.5. The number of hydrogen-bond donors (Lipinski definition) is 3. The molecule has 3 N–H and O–H groups in total. The van der Waals surface area contributed by atoms with Crippen molar-refractivity contribution in [2.75, 3.05) is 18.5 Å². The fourth-order valence-corrected chi connectivity index (χ4v) is 2.23. The van der Waals surface area contributed by atoms with Crippen molar-refractivity contribution in [3.05, 3.63) is 33.3 Å². The van der Waals surface area contributed by atoms with Gasteiger partial charge in [0.2, 0.25) is 5.91 Å². The van der Waals surface area contributed by atoms with Crippen molar-refractivity contribution in [2.45, 2.75) is 38.8 Å². The Balaban J connectivity index is 2.56. The van der Waals surface area contributed by atoms with Crippen molar-refractivity contribution >= 4 is 34.9 Å². The SMILES string of the molecule is CC(C)OCCCNC(CC(=O)Nc1ccc(Cl)c([N+](=O)[O-])c1)C(=O)O. The lowest BCUT2D eigenvalue weighted by atomic mass is 10.2. The average Bonchev–Trinajstić information content (AvgIpc) is 2.54. The lowest BCUT2D eigenvalue weighted by Crippen LogP contribution is -2.40. The van der Waals surface area contributed by atoms with Crippen LogP contribution < -0.4 is 10.6 Å². The molecule has 0 aliphatic carbocycles. The summed E-state index contributed by atoms with van der Waals surface area (Å²) < 4.78 is 5.35. The Labute approximate surface area is 155 Å². The molecule has 26 heavy (non-hydrogen) atoms. The molecule has 0 bridgehead atoms. The topological polar surface area (TPSA) is 131 Å². The first-order valence-corrected chi connectivity index (χ1v) is 8.40. The summed E-state index contributed by atoms with van der Waals surface area (Å²) in [5.41, 5.74) is -0.178. The number of nitrogens with zero attached hydrogens (tertiary/aromatic N) is 1. The molecule has 144 valence electrons. The lowest BCUT2D eigenvalue weighted by Gasteiger charge is -2.15. The number of anilines is 1. The molecule has 1 aromatic carbocycles. The first kappa shape index (κ1) is 21.8. The molecular weight excluding hydrogens is 366 g/mol. The second-order valence-electron chi connectivity index (χ2n) is 5.79. The Morgan fingerprint density at radius 1 is 1.38 bits per heavy atom. The van der Waals surface area contributed by atoms with Gasteiger partial charge in [-0.3, -0.25) is 19.7 Å². The molecule has 9 nitrogen and oxygen atoms in total. The number of amides is 1. The van der Waals surface area contributed by atoms with Crippen LogP contribution in [0.4, 0.5) is 11.4 Å². The lowest BCUT2D eigenvalue weighted by molar-refractivity contribution is -0.384. The van der Waals surface area contributed by atoms with Gasteiger partial charge in [0, 0.05) is 18.4 Å². The summed E-state index contributed by atoms with van der Waals surface area (Å²) in [5, 5.41) is 25.2. The summed E-state index contributed by atoms with van der Waals surface area (Å²) in [4.78, 5) is 33.5. The number of carboxylic acid groups (broad SMARTS) is 1. The van der Waals surface area contributed by atoms with E-state index < -0.39 is 22.8 Å². The Morgan fingerprint density at radius 3 is 2.65 bits per heavy atom. The smallest absolute Gasteiger partial charge is 0.321 e. The van der Waals surface area contributed by atoms with Crippen molar-refractivity contribution in [3.8, 4) is 0 Å². The van der Waals surface area contributed by atoms with Crippen LogP contribution in [0.2, 0.25) is 5.02 Å². The third-order valence-electron chi connectivity index (χ3n) is 3.28. The van der Waals surface area contributed by atoms with Gasteiger partial charge in [0.05, 0.1) is 17.4 Å². The quantitative estimate of drug-likeness (QED) is 0.302. The van der Waals surface area contributed by atoms with E-state index >= 15 is 0 Å². The van der Waals surface area contributed by atoms with Crippen molar-refractivity contribution in [2.24, 2.45) is 0 Å². The van der Waals surface area contributed by atoms with E-state index in [9.17, 15) is 24.8 Å². The Kier molecular flexibility index (Phi) is 8.97. The summed E-state index contributed by atoms with van der Waals surface area (Å²) in [6.45, 7) is 4.67. The second-order valence-corrected chi connectivity index (χ2v) is 6.20. The highest BCUT2D eigenvalue weighted by Gasteiger charge is 2.21. The highest BCUT2D eigenvalue weighted by molar-refractivity contribution is 6.32. The predicted octanol–water partition coefficient (Wildman–Crippen LogP) is 2.43. The van der Waals surface area contributed by atoms with E-state index in [0.717, 1.165) is 6.07 Å². The maximum Gasteiger partial charge on any atom is 0.321 e. The summed E-state index contributed by atoms with van der Waals surface area (Å²) >= 11 is 5.70. The van der Waals surface area contributed by atoms with Gasteiger partial charge in [-0.25, -0.2) is 0 Å². The molecule has 0 fully saturated rings. The maximum absolute atomic E-state index is 12.0. The monoisotopic (exact) mass is 387 g/mol. The van der Waals surface area contributed by atoms with E-state index in [1.54, 1.807) is 0 Å². The van der Waals surface area contributed by atoms with Crippen LogP contribution in [-0.2, 0) is 14.3 Å². The van der Waals surface area contributed by atoms with Gasteiger partial charge < -0.3 is 20.5 Å². The number of carboxylic acids is 1. The van der Waals surface area contributed by atoms with Gasteiger partial charge in [-0.2, -0.15) is 0 Å². The van der Waals surface area contributed by atoms with Crippen LogP contribution >= 0.6 is 11.6 Å². The second kappa shape index (κ2) is 10.7. The van der Waals surface area contributed by atoms with Gasteiger partial charge in [-0.15, -0.1) is 0 Å². The van der Waals surface area contributed by atoms with Crippen molar-refractivity contribution in [3.63, 3.8) is 0 Å². The molecule has 1 amide bonds. The van der Waals surface area contributed by atoms with Crippen LogP contribution in [0.1, 0.15) is 26.7 Å². The molecule has 0 aliphatic rings. The minimum atomic E-state index is -1.16. The molecule has 1 rings (SSSR count). The van der Waals surface area contributed by atoms with Crippen LogP contribution in [-0.4, -0.2) is 47.2 Å². The number of carbonyl (C=O) groups excluding carboxylic acids is 1. The fourth-order valence-electron chi connectivity index (χ4n) is 2.04. The molecular formula is C16H22ClN3O6. The Morgan fingerprint density at radius 2 is 2.08 bits per heavy atom. The van der Waals surface area contributed by atoms with Crippen LogP contribution in [0.3, 0.4) is 0 Å². The first-order valence-electron chi connectivity index (χ1n) is 8.02. The number of carbonyl (C=O) groups is 2. The summed E-state index contributed by atoms with van der Waals surface area (Å²) in [7, 11) is 0. The summed E-state index contributed by atoms with van der Waals surface area (Å²) in [6, 6.07) is 2.74. The molecule has 0 radical (unpaired) electrons. The average molecular weight is 388 g/mol. The number of nitro benzene ring substituents is 1. The molecule has 1 aromatic rings. The largest absolute Gasteiger partial charge is 0.480 e. The Bertz CT molecular complexity index is 653. The van der Waals surface area contributed by atoms with E-state index in [1.807, 2.05) is 13.8 Å². The zero-order valence-corrected chi connectivity index (χ0v) is 15.3. The molecule has 0 saturated carbocycles. The van der Waals surface area contributed by atoms with Crippen LogP contribution in [0, 0.1) is 10.1 Å². The number of nitrogens with one attached hydrogen (secondary N) is 2. The molecule has 0 aromatic heterocycles. The number of benzene rings is 1. The first-order chi connectivity index (χ1) is 12.2.